The van der Waals surface area contributed by atoms with Gasteiger partial charge in [0.05, 0.1) is 46.1 Å². The summed E-state index contributed by atoms with van der Waals surface area (Å²) in [6, 6.07) is 0. The average molecular weight is 359 g/mol. The van der Waals surface area contributed by atoms with Crippen LogP contribution in [0, 0.1) is 5.41 Å². The van der Waals surface area contributed by atoms with Gasteiger partial charge in [0.2, 0.25) is 5.91 Å². The van der Waals surface area contributed by atoms with E-state index in [9.17, 15) is 4.79 Å². The van der Waals surface area contributed by atoms with Crippen LogP contribution in [0.3, 0.4) is 0 Å². The van der Waals surface area contributed by atoms with Gasteiger partial charge in [-0.3, -0.25) is 4.79 Å². The van der Waals surface area contributed by atoms with E-state index in [4.69, 9.17) is 14.2 Å². The van der Waals surface area contributed by atoms with Crippen LogP contribution in [0.2, 0.25) is 0 Å². The second-order valence-electron chi connectivity index (χ2n) is 7.38. The fourth-order valence-electron chi connectivity index (χ4n) is 2.67. The zero-order valence-electron chi connectivity index (χ0n) is 16.5. The molecule has 1 N–H and O–H groups in total. The monoisotopic (exact) mass is 358 g/mol. The topological polar surface area (TPSA) is 60.0 Å². The molecule has 6 nitrogen and oxygen atoms in total. The second kappa shape index (κ2) is 13.5. The summed E-state index contributed by atoms with van der Waals surface area (Å²) in [6.45, 7) is 13.8. The number of rotatable bonds is 14. The first-order valence-electron chi connectivity index (χ1n) is 9.77. The van der Waals surface area contributed by atoms with E-state index in [1.165, 1.54) is 0 Å². The number of ether oxygens (including phenoxy) is 3. The Balaban J connectivity index is 1.83. The van der Waals surface area contributed by atoms with E-state index in [0.29, 0.717) is 44.9 Å². The van der Waals surface area contributed by atoms with E-state index in [1.54, 1.807) is 0 Å². The van der Waals surface area contributed by atoms with Crippen LogP contribution in [-0.2, 0) is 19.0 Å². The second-order valence-corrected chi connectivity index (χ2v) is 7.38. The summed E-state index contributed by atoms with van der Waals surface area (Å²) in [5.41, 5.74) is 0.375. The average Bonchev–Trinajstić information content (AvgIpc) is 2.58. The summed E-state index contributed by atoms with van der Waals surface area (Å²) in [5.74, 6) is 0.210. The van der Waals surface area contributed by atoms with E-state index < -0.39 is 0 Å². The molecule has 0 aromatic carbocycles. The predicted molar refractivity (Wildman–Crippen MR) is 99.8 cm³/mol. The predicted octanol–water partition coefficient (Wildman–Crippen LogP) is 2.07. The third-order valence-corrected chi connectivity index (χ3v) is 4.52. The van der Waals surface area contributed by atoms with Crippen LogP contribution < -0.4 is 5.32 Å². The molecule has 148 valence electrons. The van der Waals surface area contributed by atoms with Crippen molar-refractivity contribution in [1.29, 1.82) is 0 Å². The van der Waals surface area contributed by atoms with E-state index >= 15 is 0 Å². The van der Waals surface area contributed by atoms with Gasteiger partial charge in [-0.1, -0.05) is 20.8 Å². The van der Waals surface area contributed by atoms with Gasteiger partial charge in [-0.25, -0.2) is 0 Å². The highest BCUT2D eigenvalue weighted by Crippen LogP contribution is 2.29. The van der Waals surface area contributed by atoms with Gasteiger partial charge in [-0.15, -0.1) is 0 Å². The van der Waals surface area contributed by atoms with Crippen molar-refractivity contribution in [2.75, 3.05) is 65.8 Å². The SMILES string of the molecule is CCCNCCOCCOCCOCCC(=O)N1CCC(C)(C)CC1. The molecule has 1 aliphatic rings. The molecule has 1 fully saturated rings. The molecule has 1 saturated heterocycles. The van der Waals surface area contributed by atoms with Gasteiger partial charge >= 0.3 is 0 Å². The van der Waals surface area contributed by atoms with Gasteiger partial charge in [0.25, 0.3) is 0 Å². The first-order valence-corrected chi connectivity index (χ1v) is 9.77. The number of nitrogens with one attached hydrogen (secondary N) is 1. The largest absolute Gasteiger partial charge is 0.379 e. The number of hydrogen-bond acceptors (Lipinski definition) is 5. The van der Waals surface area contributed by atoms with E-state index in [2.05, 4.69) is 26.1 Å². The van der Waals surface area contributed by atoms with Gasteiger partial charge in [0, 0.05) is 19.6 Å². The minimum atomic E-state index is 0.210. The molecular weight excluding hydrogens is 320 g/mol. The Labute approximate surface area is 153 Å². The molecule has 0 radical (unpaired) electrons. The maximum absolute atomic E-state index is 12.1. The Morgan fingerprint density at radius 1 is 0.920 bits per heavy atom. The van der Waals surface area contributed by atoms with E-state index in [-0.39, 0.29) is 5.91 Å². The Bertz CT molecular complexity index is 340. The van der Waals surface area contributed by atoms with Crippen molar-refractivity contribution in [2.24, 2.45) is 5.41 Å². The Morgan fingerprint density at radius 2 is 1.48 bits per heavy atom. The normalized spacial score (nSPS) is 17.0. The third kappa shape index (κ3) is 11.5. The van der Waals surface area contributed by atoms with Crippen LogP contribution in [0.15, 0.2) is 0 Å². The van der Waals surface area contributed by atoms with Crippen molar-refractivity contribution in [3.8, 4) is 0 Å². The molecule has 1 amide bonds. The van der Waals surface area contributed by atoms with Gasteiger partial charge in [-0.2, -0.15) is 0 Å². The highest BCUT2D eigenvalue weighted by molar-refractivity contribution is 5.76. The molecule has 0 saturated carbocycles. The van der Waals surface area contributed by atoms with Crippen LogP contribution in [0.5, 0.6) is 0 Å². The van der Waals surface area contributed by atoms with Crippen LogP contribution in [-0.4, -0.2) is 76.6 Å². The molecule has 0 aromatic rings. The van der Waals surface area contributed by atoms with Crippen LogP contribution in [0.25, 0.3) is 0 Å². The lowest BCUT2D eigenvalue weighted by Gasteiger charge is -2.37. The van der Waals surface area contributed by atoms with Crippen molar-refractivity contribution in [1.82, 2.24) is 10.2 Å². The quantitative estimate of drug-likeness (QED) is 0.482. The lowest BCUT2D eigenvalue weighted by molar-refractivity contribution is -0.134. The molecular formula is C19H38N2O4. The molecule has 25 heavy (non-hydrogen) atoms. The fraction of sp³-hybridized carbons (Fsp3) is 0.947. The molecule has 0 atom stereocenters. The number of carbonyl (C=O) groups excluding carboxylic acids is 1. The Morgan fingerprint density at radius 3 is 2.08 bits per heavy atom. The molecule has 1 rings (SSSR count). The molecule has 0 unspecified atom stereocenters. The molecule has 0 aliphatic carbocycles. The zero-order valence-corrected chi connectivity index (χ0v) is 16.5. The number of piperidine rings is 1. The zero-order chi connectivity index (χ0) is 18.4. The van der Waals surface area contributed by atoms with Crippen molar-refractivity contribution in [3.05, 3.63) is 0 Å². The highest BCUT2D eigenvalue weighted by atomic mass is 16.5. The van der Waals surface area contributed by atoms with E-state index in [0.717, 1.165) is 52.0 Å². The number of carbonyl (C=O) groups is 1. The van der Waals surface area contributed by atoms with Crippen molar-refractivity contribution >= 4 is 5.91 Å². The maximum atomic E-state index is 12.1. The molecule has 1 heterocycles. The molecule has 1 aliphatic heterocycles. The number of nitrogens with zero attached hydrogens (tertiary/aromatic N) is 1. The molecule has 0 spiro atoms. The molecule has 0 aromatic heterocycles. The van der Waals surface area contributed by atoms with Crippen molar-refractivity contribution in [3.63, 3.8) is 0 Å². The van der Waals surface area contributed by atoms with Crippen LogP contribution >= 0.6 is 0 Å². The maximum Gasteiger partial charge on any atom is 0.224 e. The summed E-state index contributed by atoms with van der Waals surface area (Å²) >= 11 is 0. The third-order valence-electron chi connectivity index (χ3n) is 4.52. The summed E-state index contributed by atoms with van der Waals surface area (Å²) < 4.78 is 16.4. The fourth-order valence-corrected chi connectivity index (χ4v) is 2.67. The van der Waals surface area contributed by atoms with Crippen molar-refractivity contribution < 1.29 is 19.0 Å². The lowest BCUT2D eigenvalue weighted by atomic mass is 9.82. The van der Waals surface area contributed by atoms with Crippen LogP contribution in [0.4, 0.5) is 0 Å². The van der Waals surface area contributed by atoms with Gasteiger partial charge in [0.15, 0.2) is 0 Å². The summed E-state index contributed by atoms with van der Waals surface area (Å²) in [4.78, 5) is 14.1. The lowest BCUT2D eigenvalue weighted by Crippen LogP contribution is -2.41. The highest BCUT2D eigenvalue weighted by Gasteiger charge is 2.27. The summed E-state index contributed by atoms with van der Waals surface area (Å²) in [6.07, 6.45) is 3.79. The minimum Gasteiger partial charge on any atom is -0.379 e. The number of hydrogen-bond donors (Lipinski definition) is 1. The van der Waals surface area contributed by atoms with Gasteiger partial charge in [-0.05, 0) is 31.2 Å². The Kier molecular flexibility index (Phi) is 12.1. The minimum absolute atomic E-state index is 0.210. The first-order chi connectivity index (χ1) is 12.0. The van der Waals surface area contributed by atoms with Crippen LogP contribution in [0.1, 0.15) is 46.5 Å². The van der Waals surface area contributed by atoms with Gasteiger partial charge < -0.3 is 24.4 Å². The van der Waals surface area contributed by atoms with Gasteiger partial charge in [0.1, 0.15) is 0 Å². The number of amides is 1. The van der Waals surface area contributed by atoms with Crippen molar-refractivity contribution in [2.45, 2.75) is 46.5 Å². The Hall–Kier alpha value is -0.690. The smallest absolute Gasteiger partial charge is 0.224 e. The summed E-state index contributed by atoms with van der Waals surface area (Å²) in [7, 11) is 0. The summed E-state index contributed by atoms with van der Waals surface area (Å²) in [5, 5.41) is 3.28. The van der Waals surface area contributed by atoms with E-state index in [1.807, 2.05) is 4.90 Å². The number of likely N-dealkylation sites (tertiary alicyclic amines) is 1. The molecule has 6 heteroatoms. The standard InChI is InChI=1S/C19H38N2O4/c1-4-8-20-9-13-24-15-17-25-16-14-23-12-5-18(22)21-10-6-19(2,3)7-11-21/h20H,4-17H2,1-3H3. The first kappa shape index (κ1) is 22.4. The molecule has 0 bridgehead atoms.